The van der Waals surface area contributed by atoms with Gasteiger partial charge < -0.3 is 18.9 Å². The molecule has 35 heavy (non-hydrogen) atoms. The van der Waals surface area contributed by atoms with Crippen LogP contribution in [0.2, 0.25) is 0 Å². The zero-order valence-corrected chi connectivity index (χ0v) is 21.6. The van der Waals surface area contributed by atoms with Gasteiger partial charge in [-0.1, -0.05) is 34.1 Å². The molecule has 1 heterocycles. The number of carbonyl (C=O) groups excluding carboxylic acids is 2. The summed E-state index contributed by atoms with van der Waals surface area (Å²) in [5.41, 5.74) is 2.71. The summed E-state index contributed by atoms with van der Waals surface area (Å²) in [5, 5.41) is 0. The first-order chi connectivity index (χ1) is 16.9. The molecule has 1 aliphatic carbocycles. The lowest BCUT2D eigenvalue weighted by Gasteiger charge is -2.35. The summed E-state index contributed by atoms with van der Waals surface area (Å²) in [7, 11) is 3.11. The monoisotopic (exact) mass is 541 g/mol. The third kappa shape index (κ3) is 5.27. The molecule has 2 aliphatic rings. The third-order valence-corrected chi connectivity index (χ3v) is 6.95. The highest BCUT2D eigenvalue weighted by atomic mass is 79.9. The van der Waals surface area contributed by atoms with Crippen LogP contribution in [0.3, 0.4) is 0 Å². The normalized spacial score (nSPS) is 19.5. The molecule has 0 amide bonds. The molecular weight excluding hydrogens is 514 g/mol. The molecule has 0 spiro atoms. The molecule has 0 saturated carbocycles. The van der Waals surface area contributed by atoms with Gasteiger partial charge in [0.2, 0.25) is 0 Å². The van der Waals surface area contributed by atoms with Crippen molar-refractivity contribution < 1.29 is 28.5 Å². The maximum absolute atomic E-state index is 13.4. The van der Waals surface area contributed by atoms with E-state index < -0.39 is 17.8 Å². The summed E-state index contributed by atoms with van der Waals surface area (Å²) in [5.74, 6) is 0.0342. The molecule has 1 unspecified atom stereocenters. The Morgan fingerprint density at radius 2 is 1.77 bits per heavy atom. The Bertz CT molecular complexity index is 1170. The van der Waals surface area contributed by atoms with Gasteiger partial charge in [0, 0.05) is 33.8 Å². The Hall–Kier alpha value is -3.13. The SMILES string of the molecule is COc1cc(Br)c([C@@H]2C3=C(CCCC3=O)N=C(C)C2C(=O)OCCOc2ccccc2)cc1OC. The quantitative estimate of drug-likeness (QED) is 0.334. The number of carbonyl (C=O) groups is 2. The first-order valence-electron chi connectivity index (χ1n) is 11.5. The molecule has 0 bridgehead atoms. The van der Waals surface area contributed by atoms with E-state index >= 15 is 0 Å². The van der Waals surface area contributed by atoms with Crippen molar-refractivity contribution in [1.29, 1.82) is 0 Å². The molecule has 7 nitrogen and oxygen atoms in total. The number of Topliss-reactive ketones (excluding diaryl/α,β-unsaturated/α-hetero) is 1. The van der Waals surface area contributed by atoms with Crippen molar-refractivity contribution in [3.63, 3.8) is 0 Å². The van der Waals surface area contributed by atoms with Crippen LogP contribution in [-0.4, -0.2) is 44.9 Å². The summed E-state index contributed by atoms with van der Waals surface area (Å²) in [4.78, 5) is 31.2. The Morgan fingerprint density at radius 1 is 1.06 bits per heavy atom. The molecule has 2 aromatic rings. The number of allylic oxidation sites excluding steroid dienone is 2. The number of para-hydroxylation sites is 1. The standard InChI is InChI=1S/C27H28BrNO6/c1-16-24(27(31)35-13-12-34-17-8-5-4-6-9-17)25(26-20(29-16)10-7-11-21(26)30)18-14-22(32-2)23(33-3)15-19(18)28/h4-6,8-9,14-15,24-25H,7,10-13H2,1-3H3/t24?,25-/m0/s1. The molecule has 184 valence electrons. The second kappa shape index (κ2) is 11.1. The van der Waals surface area contributed by atoms with Crippen molar-refractivity contribution in [2.24, 2.45) is 10.9 Å². The van der Waals surface area contributed by atoms with Crippen LogP contribution in [0.1, 0.15) is 37.7 Å². The molecule has 0 saturated heterocycles. The zero-order chi connectivity index (χ0) is 24.9. The fourth-order valence-electron chi connectivity index (χ4n) is 4.66. The molecule has 2 aromatic carbocycles. The van der Waals surface area contributed by atoms with Gasteiger partial charge in [0.05, 0.1) is 14.2 Å². The van der Waals surface area contributed by atoms with Crippen LogP contribution < -0.4 is 14.2 Å². The summed E-state index contributed by atoms with van der Waals surface area (Å²) in [6.07, 6.45) is 1.88. The summed E-state index contributed by atoms with van der Waals surface area (Å²) in [6.45, 7) is 2.12. The fourth-order valence-corrected chi connectivity index (χ4v) is 5.23. The van der Waals surface area contributed by atoms with Gasteiger partial charge in [-0.15, -0.1) is 0 Å². The number of ether oxygens (including phenoxy) is 4. The minimum atomic E-state index is -0.748. The number of aliphatic imine (C=N–C) groups is 1. The van der Waals surface area contributed by atoms with E-state index in [1.54, 1.807) is 20.3 Å². The van der Waals surface area contributed by atoms with Gasteiger partial charge >= 0.3 is 5.97 Å². The van der Waals surface area contributed by atoms with Crippen LogP contribution in [-0.2, 0) is 14.3 Å². The predicted octanol–water partition coefficient (Wildman–Crippen LogP) is 5.27. The number of halogens is 1. The lowest BCUT2D eigenvalue weighted by Crippen LogP contribution is -2.37. The zero-order valence-electron chi connectivity index (χ0n) is 20.0. The van der Waals surface area contributed by atoms with Crippen LogP contribution in [0, 0.1) is 5.92 Å². The molecular formula is C27H28BrNO6. The van der Waals surface area contributed by atoms with Gasteiger partial charge in [-0.3, -0.25) is 14.6 Å². The number of benzene rings is 2. The van der Waals surface area contributed by atoms with Crippen molar-refractivity contribution in [1.82, 2.24) is 0 Å². The summed E-state index contributed by atoms with van der Waals surface area (Å²) >= 11 is 3.63. The second-order valence-corrected chi connectivity index (χ2v) is 9.26. The van der Waals surface area contributed by atoms with Gasteiger partial charge in [0.15, 0.2) is 17.3 Å². The van der Waals surface area contributed by atoms with E-state index in [0.29, 0.717) is 45.8 Å². The van der Waals surface area contributed by atoms with E-state index in [2.05, 4.69) is 20.9 Å². The largest absolute Gasteiger partial charge is 0.493 e. The van der Waals surface area contributed by atoms with E-state index in [9.17, 15) is 9.59 Å². The van der Waals surface area contributed by atoms with Gasteiger partial charge in [0.25, 0.3) is 0 Å². The number of hydrogen-bond acceptors (Lipinski definition) is 7. The van der Waals surface area contributed by atoms with E-state index in [0.717, 1.165) is 17.7 Å². The minimum absolute atomic E-state index is 0.0133. The van der Waals surface area contributed by atoms with Crippen LogP contribution in [0.4, 0.5) is 0 Å². The average Bonchev–Trinajstić information content (AvgIpc) is 2.86. The van der Waals surface area contributed by atoms with Crippen molar-refractivity contribution in [3.05, 3.63) is 63.8 Å². The Kier molecular flexibility index (Phi) is 7.90. The first kappa shape index (κ1) is 25.0. The molecule has 0 fully saturated rings. The summed E-state index contributed by atoms with van der Waals surface area (Å²) in [6, 6.07) is 12.9. The summed E-state index contributed by atoms with van der Waals surface area (Å²) < 4.78 is 22.9. The minimum Gasteiger partial charge on any atom is -0.493 e. The van der Waals surface area contributed by atoms with E-state index in [4.69, 9.17) is 18.9 Å². The maximum Gasteiger partial charge on any atom is 0.315 e. The van der Waals surface area contributed by atoms with Crippen LogP contribution in [0.25, 0.3) is 0 Å². The average molecular weight is 542 g/mol. The highest BCUT2D eigenvalue weighted by Gasteiger charge is 2.44. The number of rotatable bonds is 8. The molecule has 4 rings (SSSR count). The fraction of sp³-hybridized carbons (Fsp3) is 0.370. The van der Waals surface area contributed by atoms with Gasteiger partial charge in [0.1, 0.15) is 24.9 Å². The van der Waals surface area contributed by atoms with Crippen molar-refractivity contribution in [3.8, 4) is 17.2 Å². The Balaban J connectivity index is 1.65. The van der Waals surface area contributed by atoms with E-state index in [-0.39, 0.29) is 19.0 Å². The van der Waals surface area contributed by atoms with Gasteiger partial charge in [-0.05, 0) is 49.6 Å². The molecule has 1 aliphatic heterocycles. The number of methoxy groups -OCH3 is 2. The third-order valence-electron chi connectivity index (χ3n) is 6.27. The smallest absolute Gasteiger partial charge is 0.315 e. The van der Waals surface area contributed by atoms with E-state index in [1.165, 1.54) is 0 Å². The van der Waals surface area contributed by atoms with Crippen molar-refractivity contribution in [2.75, 3.05) is 27.4 Å². The van der Waals surface area contributed by atoms with Gasteiger partial charge in [-0.2, -0.15) is 0 Å². The van der Waals surface area contributed by atoms with Crippen LogP contribution in [0.5, 0.6) is 17.2 Å². The lowest BCUT2D eigenvalue weighted by atomic mass is 9.71. The first-order valence-corrected chi connectivity index (χ1v) is 12.3. The predicted molar refractivity (Wildman–Crippen MR) is 135 cm³/mol. The Morgan fingerprint density at radius 3 is 2.49 bits per heavy atom. The lowest BCUT2D eigenvalue weighted by molar-refractivity contribution is -0.147. The van der Waals surface area contributed by atoms with Crippen LogP contribution in [0.15, 0.2) is 63.2 Å². The second-order valence-electron chi connectivity index (χ2n) is 8.40. The molecule has 0 radical (unpaired) electrons. The number of ketones is 1. The maximum atomic E-state index is 13.4. The highest BCUT2D eigenvalue weighted by molar-refractivity contribution is 9.10. The molecule has 0 N–H and O–H groups in total. The number of hydrogen-bond donors (Lipinski definition) is 0. The molecule has 8 heteroatoms. The molecule has 2 atom stereocenters. The van der Waals surface area contributed by atoms with Crippen LogP contribution >= 0.6 is 15.9 Å². The van der Waals surface area contributed by atoms with Crippen molar-refractivity contribution >= 4 is 33.4 Å². The topological polar surface area (TPSA) is 83.4 Å². The highest BCUT2D eigenvalue weighted by Crippen LogP contribution is 2.47. The van der Waals surface area contributed by atoms with E-state index in [1.807, 2.05) is 43.3 Å². The van der Waals surface area contributed by atoms with Crippen molar-refractivity contribution in [2.45, 2.75) is 32.1 Å². The Labute approximate surface area is 213 Å². The molecule has 0 aromatic heterocycles. The van der Waals surface area contributed by atoms with Gasteiger partial charge in [-0.25, -0.2) is 0 Å². The number of nitrogens with zero attached hydrogens (tertiary/aromatic N) is 1. The number of esters is 1.